The first-order chi connectivity index (χ1) is 9.31. The van der Waals surface area contributed by atoms with Crippen LogP contribution in [0.4, 0.5) is 0 Å². The van der Waals surface area contributed by atoms with Crippen LogP contribution in [0.1, 0.15) is 34.9 Å². The Morgan fingerprint density at radius 1 is 1.37 bits per heavy atom. The van der Waals surface area contributed by atoms with Crippen LogP contribution in [0.25, 0.3) is 0 Å². The number of aliphatic hydroxyl groups is 1. The van der Waals surface area contributed by atoms with Crippen LogP contribution in [0.3, 0.4) is 0 Å². The molecule has 19 heavy (non-hydrogen) atoms. The molecule has 100 valence electrons. The summed E-state index contributed by atoms with van der Waals surface area (Å²) in [6, 6.07) is 9.58. The maximum absolute atomic E-state index is 12.0. The Morgan fingerprint density at radius 3 is 2.79 bits per heavy atom. The first-order valence-electron chi connectivity index (χ1n) is 6.05. The number of carbonyl (C=O) groups is 1. The van der Waals surface area contributed by atoms with E-state index in [1.165, 1.54) is 0 Å². The van der Waals surface area contributed by atoms with Gasteiger partial charge in [0.15, 0.2) is 5.69 Å². The molecule has 0 fully saturated rings. The third-order valence-electron chi connectivity index (χ3n) is 2.75. The minimum absolute atomic E-state index is 0.109. The van der Waals surface area contributed by atoms with E-state index in [1.807, 2.05) is 30.3 Å². The molecule has 2 rings (SSSR count). The molecular weight excluding hydrogens is 262 g/mol. The smallest absolute Gasteiger partial charge is 0.273 e. The molecule has 1 amide bonds. The number of benzene rings is 1. The summed E-state index contributed by atoms with van der Waals surface area (Å²) in [5.41, 5.74) is 1.35. The van der Waals surface area contributed by atoms with Gasteiger partial charge in [-0.3, -0.25) is 4.79 Å². The van der Waals surface area contributed by atoms with Crippen molar-refractivity contribution in [1.82, 2.24) is 14.9 Å². The highest BCUT2D eigenvalue weighted by Crippen LogP contribution is 2.18. The second kappa shape index (κ2) is 6.96. The summed E-state index contributed by atoms with van der Waals surface area (Å²) >= 11 is 1.15. The zero-order valence-corrected chi connectivity index (χ0v) is 11.1. The number of nitrogens with one attached hydrogen (secondary N) is 1. The van der Waals surface area contributed by atoms with Crippen LogP contribution in [0.2, 0.25) is 0 Å². The third kappa shape index (κ3) is 3.84. The first-order valence-corrected chi connectivity index (χ1v) is 6.88. The number of aliphatic hydroxyl groups excluding tert-OH is 1. The Kier molecular flexibility index (Phi) is 5.00. The van der Waals surface area contributed by atoms with E-state index >= 15 is 0 Å². The Balaban J connectivity index is 2.08. The number of amides is 1. The molecule has 5 nitrogen and oxygen atoms in total. The van der Waals surface area contributed by atoms with E-state index in [0.717, 1.165) is 17.1 Å². The second-order valence-electron chi connectivity index (χ2n) is 4.09. The first kappa shape index (κ1) is 13.6. The minimum atomic E-state index is -0.236. The molecule has 0 unspecified atom stereocenters. The molecule has 0 radical (unpaired) electrons. The van der Waals surface area contributed by atoms with E-state index in [0.29, 0.717) is 18.5 Å². The molecule has 0 aliphatic heterocycles. The zero-order chi connectivity index (χ0) is 13.5. The molecule has 1 heterocycles. The highest BCUT2D eigenvalue weighted by atomic mass is 32.1. The van der Waals surface area contributed by atoms with E-state index in [-0.39, 0.29) is 18.6 Å². The lowest BCUT2D eigenvalue weighted by atomic mass is 10.0. The molecule has 0 spiro atoms. The van der Waals surface area contributed by atoms with Gasteiger partial charge in [-0.05, 0) is 29.9 Å². The predicted molar refractivity (Wildman–Crippen MR) is 72.9 cm³/mol. The molecular formula is C13H15N3O2S. The lowest BCUT2D eigenvalue weighted by Gasteiger charge is -2.18. The maximum Gasteiger partial charge on any atom is 0.273 e. The van der Waals surface area contributed by atoms with E-state index in [1.54, 1.807) is 5.38 Å². The zero-order valence-electron chi connectivity index (χ0n) is 10.3. The molecule has 0 aliphatic rings. The van der Waals surface area contributed by atoms with Crippen molar-refractivity contribution in [2.75, 3.05) is 6.61 Å². The lowest BCUT2D eigenvalue weighted by molar-refractivity contribution is 0.0927. The summed E-state index contributed by atoms with van der Waals surface area (Å²) in [5, 5.41) is 17.2. The topological polar surface area (TPSA) is 75.1 Å². The highest BCUT2D eigenvalue weighted by Gasteiger charge is 2.16. The fraction of sp³-hybridized carbons (Fsp3) is 0.308. The summed E-state index contributed by atoms with van der Waals surface area (Å²) in [5.74, 6) is -0.236. The van der Waals surface area contributed by atoms with Crippen LogP contribution in [0.15, 0.2) is 35.7 Å². The largest absolute Gasteiger partial charge is 0.396 e. The quantitative estimate of drug-likeness (QED) is 0.844. The van der Waals surface area contributed by atoms with Crippen molar-refractivity contribution in [3.8, 4) is 0 Å². The Bertz CT molecular complexity index is 502. The van der Waals surface area contributed by atoms with Crippen molar-refractivity contribution < 1.29 is 9.90 Å². The fourth-order valence-electron chi connectivity index (χ4n) is 1.80. The molecule has 1 aromatic heterocycles. The molecule has 0 saturated carbocycles. The number of aromatic nitrogens is 2. The Labute approximate surface area is 115 Å². The van der Waals surface area contributed by atoms with Gasteiger partial charge in [0, 0.05) is 12.0 Å². The van der Waals surface area contributed by atoms with Crippen molar-refractivity contribution in [2.45, 2.75) is 18.9 Å². The van der Waals surface area contributed by atoms with Gasteiger partial charge in [-0.15, -0.1) is 5.10 Å². The van der Waals surface area contributed by atoms with Gasteiger partial charge in [0.25, 0.3) is 5.91 Å². The molecule has 2 aromatic rings. The molecule has 0 aliphatic carbocycles. The van der Waals surface area contributed by atoms with Crippen molar-refractivity contribution in [3.05, 3.63) is 47.0 Å². The lowest BCUT2D eigenvalue weighted by Crippen LogP contribution is -2.29. The molecule has 1 aromatic carbocycles. The Hall–Kier alpha value is -1.79. The standard InChI is InChI=1S/C13H15N3O2S/c17-8-4-7-11(10-5-2-1-3-6-10)14-13(18)12-9-19-16-15-12/h1-3,5-6,9,11,17H,4,7-8H2,(H,14,18)/t11-/m0/s1. The van der Waals surface area contributed by atoms with Crippen molar-refractivity contribution >= 4 is 17.4 Å². The number of carbonyl (C=O) groups excluding carboxylic acids is 1. The van der Waals surface area contributed by atoms with Gasteiger partial charge < -0.3 is 10.4 Å². The van der Waals surface area contributed by atoms with E-state index in [2.05, 4.69) is 14.9 Å². The monoisotopic (exact) mass is 277 g/mol. The van der Waals surface area contributed by atoms with Gasteiger partial charge in [-0.2, -0.15) is 0 Å². The van der Waals surface area contributed by atoms with Crippen LogP contribution in [-0.4, -0.2) is 27.2 Å². The van der Waals surface area contributed by atoms with Gasteiger partial charge in [-0.1, -0.05) is 34.8 Å². The van der Waals surface area contributed by atoms with Gasteiger partial charge in [0.05, 0.1) is 6.04 Å². The Morgan fingerprint density at radius 2 is 2.16 bits per heavy atom. The minimum Gasteiger partial charge on any atom is -0.396 e. The van der Waals surface area contributed by atoms with Gasteiger partial charge in [0.1, 0.15) is 0 Å². The summed E-state index contributed by atoms with van der Waals surface area (Å²) in [7, 11) is 0. The average Bonchev–Trinajstić information content (AvgIpc) is 2.98. The predicted octanol–water partition coefficient (Wildman–Crippen LogP) is 1.78. The summed E-state index contributed by atoms with van der Waals surface area (Å²) in [6.45, 7) is 0.109. The van der Waals surface area contributed by atoms with Crippen LogP contribution >= 0.6 is 11.5 Å². The summed E-state index contributed by atoms with van der Waals surface area (Å²) in [4.78, 5) is 12.0. The van der Waals surface area contributed by atoms with Crippen LogP contribution in [-0.2, 0) is 0 Å². The third-order valence-corrected chi connectivity index (χ3v) is 3.26. The number of nitrogens with zero attached hydrogens (tertiary/aromatic N) is 2. The fourth-order valence-corrected chi connectivity index (χ4v) is 2.23. The average molecular weight is 277 g/mol. The second-order valence-corrected chi connectivity index (χ2v) is 4.70. The highest BCUT2D eigenvalue weighted by molar-refractivity contribution is 7.03. The number of rotatable bonds is 6. The van der Waals surface area contributed by atoms with Gasteiger partial charge in [-0.25, -0.2) is 0 Å². The van der Waals surface area contributed by atoms with E-state index in [4.69, 9.17) is 5.11 Å². The number of hydrogen-bond acceptors (Lipinski definition) is 5. The van der Waals surface area contributed by atoms with Gasteiger partial charge in [0.2, 0.25) is 0 Å². The van der Waals surface area contributed by atoms with E-state index in [9.17, 15) is 4.79 Å². The molecule has 0 bridgehead atoms. The summed E-state index contributed by atoms with van der Waals surface area (Å²) < 4.78 is 3.68. The molecule has 1 atom stereocenters. The van der Waals surface area contributed by atoms with E-state index < -0.39 is 0 Å². The normalized spacial score (nSPS) is 12.1. The van der Waals surface area contributed by atoms with Gasteiger partial charge >= 0.3 is 0 Å². The molecule has 0 saturated heterocycles. The SMILES string of the molecule is O=C(N[C@@H](CCCO)c1ccccc1)c1csnn1. The van der Waals surface area contributed by atoms with Crippen LogP contribution < -0.4 is 5.32 Å². The van der Waals surface area contributed by atoms with Crippen LogP contribution in [0, 0.1) is 0 Å². The van der Waals surface area contributed by atoms with Crippen molar-refractivity contribution in [1.29, 1.82) is 0 Å². The van der Waals surface area contributed by atoms with Crippen molar-refractivity contribution in [2.24, 2.45) is 0 Å². The van der Waals surface area contributed by atoms with Crippen molar-refractivity contribution in [3.63, 3.8) is 0 Å². The summed E-state index contributed by atoms with van der Waals surface area (Å²) in [6.07, 6.45) is 1.32. The van der Waals surface area contributed by atoms with Crippen LogP contribution in [0.5, 0.6) is 0 Å². The number of hydrogen-bond donors (Lipinski definition) is 2. The maximum atomic E-state index is 12.0. The molecule has 6 heteroatoms. The molecule has 2 N–H and O–H groups in total.